The third kappa shape index (κ3) is 5.84. The molecule has 0 saturated heterocycles. The molecule has 7 heteroatoms. The molecule has 0 aliphatic heterocycles. The van der Waals surface area contributed by atoms with Crippen LogP contribution in [0, 0.1) is 0 Å². The molecular formula is C25H21N3O2S2. The first-order chi connectivity index (χ1) is 15.7. The maximum absolute atomic E-state index is 13.1. The number of nitrogens with zero attached hydrogens (tertiary/aromatic N) is 1. The number of hydrogen-bond acceptors (Lipinski definition) is 5. The average molecular weight is 460 g/mol. The predicted molar refractivity (Wildman–Crippen MR) is 130 cm³/mol. The lowest BCUT2D eigenvalue weighted by molar-refractivity contribution is -0.118. The molecule has 0 aliphatic rings. The number of thiophene rings is 1. The Hall–Kier alpha value is -3.42. The summed E-state index contributed by atoms with van der Waals surface area (Å²) >= 11 is 3.04. The molecule has 4 rings (SSSR count). The number of carbonyl (C=O) groups excluding carboxylic acids is 2. The highest BCUT2D eigenvalue weighted by Crippen LogP contribution is 2.25. The monoisotopic (exact) mass is 459 g/mol. The standard InChI is InChI=1S/C25H21N3O2S2/c29-24(22-9-5-15-31-22)28-23(19-7-2-1-3-8-19)25(30)27-20-10-12-21(13-11-20)32-17-18-6-4-14-26-16-18/h1-16,23H,17H2,(H,27,30)(H,28,29). The summed E-state index contributed by atoms with van der Waals surface area (Å²) in [4.78, 5) is 31.5. The van der Waals surface area contributed by atoms with Gasteiger partial charge in [0.1, 0.15) is 6.04 Å². The van der Waals surface area contributed by atoms with Crippen molar-refractivity contribution in [1.82, 2.24) is 10.3 Å². The van der Waals surface area contributed by atoms with E-state index in [-0.39, 0.29) is 11.8 Å². The first kappa shape index (κ1) is 21.8. The molecule has 2 aromatic heterocycles. The number of hydrogen-bond donors (Lipinski definition) is 2. The van der Waals surface area contributed by atoms with Crippen molar-refractivity contribution in [2.24, 2.45) is 0 Å². The first-order valence-corrected chi connectivity index (χ1v) is 11.9. The van der Waals surface area contributed by atoms with Gasteiger partial charge in [-0.05, 0) is 52.9 Å². The van der Waals surface area contributed by atoms with Gasteiger partial charge in [0.25, 0.3) is 11.8 Å². The van der Waals surface area contributed by atoms with Crippen molar-refractivity contribution in [3.05, 3.63) is 113 Å². The van der Waals surface area contributed by atoms with Crippen LogP contribution in [-0.2, 0) is 10.5 Å². The van der Waals surface area contributed by atoms with Crippen LogP contribution < -0.4 is 10.6 Å². The number of thioether (sulfide) groups is 1. The van der Waals surface area contributed by atoms with Gasteiger partial charge >= 0.3 is 0 Å². The summed E-state index contributed by atoms with van der Waals surface area (Å²) in [5, 5.41) is 7.61. The minimum absolute atomic E-state index is 0.272. The summed E-state index contributed by atoms with van der Waals surface area (Å²) in [6.07, 6.45) is 3.62. The molecule has 5 nitrogen and oxygen atoms in total. The SMILES string of the molecule is O=C(NC(C(=O)Nc1ccc(SCc2cccnc2)cc1)c1ccccc1)c1cccs1. The number of carbonyl (C=O) groups is 2. The molecule has 2 heterocycles. The second-order valence-corrected chi connectivity index (χ2v) is 8.95. The van der Waals surface area contributed by atoms with Crippen molar-refractivity contribution in [2.75, 3.05) is 5.32 Å². The zero-order valence-electron chi connectivity index (χ0n) is 17.1. The summed E-state index contributed by atoms with van der Waals surface area (Å²) in [6, 6.07) is 23.6. The smallest absolute Gasteiger partial charge is 0.262 e. The Bertz CT molecular complexity index is 1150. The fraction of sp³-hybridized carbons (Fsp3) is 0.0800. The molecule has 0 saturated carbocycles. The van der Waals surface area contributed by atoms with Crippen LogP contribution in [0.1, 0.15) is 26.8 Å². The highest BCUT2D eigenvalue weighted by molar-refractivity contribution is 7.98. The van der Waals surface area contributed by atoms with E-state index in [0.29, 0.717) is 10.6 Å². The number of anilines is 1. The Morgan fingerprint density at radius 1 is 0.938 bits per heavy atom. The van der Waals surface area contributed by atoms with E-state index in [9.17, 15) is 9.59 Å². The minimum Gasteiger partial charge on any atom is -0.336 e. The fourth-order valence-electron chi connectivity index (χ4n) is 3.05. The van der Waals surface area contributed by atoms with E-state index >= 15 is 0 Å². The molecule has 0 aliphatic carbocycles. The summed E-state index contributed by atoms with van der Waals surface area (Å²) in [7, 11) is 0. The predicted octanol–water partition coefficient (Wildman–Crippen LogP) is 5.55. The van der Waals surface area contributed by atoms with Gasteiger partial charge in [-0.3, -0.25) is 14.6 Å². The lowest BCUT2D eigenvalue weighted by atomic mass is 10.1. The number of nitrogens with one attached hydrogen (secondary N) is 2. The van der Waals surface area contributed by atoms with Crippen molar-refractivity contribution in [2.45, 2.75) is 16.7 Å². The van der Waals surface area contributed by atoms with Crippen LogP contribution in [0.5, 0.6) is 0 Å². The molecule has 1 atom stereocenters. The van der Waals surface area contributed by atoms with Crippen LogP contribution in [0.3, 0.4) is 0 Å². The van der Waals surface area contributed by atoms with Crippen molar-refractivity contribution < 1.29 is 9.59 Å². The number of pyridine rings is 1. The molecule has 2 aromatic carbocycles. The lowest BCUT2D eigenvalue weighted by Crippen LogP contribution is -2.36. The van der Waals surface area contributed by atoms with Crippen LogP contribution in [0.4, 0.5) is 5.69 Å². The Kier molecular flexibility index (Phi) is 7.32. The van der Waals surface area contributed by atoms with Crippen LogP contribution in [0.25, 0.3) is 0 Å². The molecule has 2 amide bonds. The Morgan fingerprint density at radius 3 is 2.44 bits per heavy atom. The molecule has 4 aromatic rings. The van der Waals surface area contributed by atoms with Crippen LogP contribution >= 0.6 is 23.1 Å². The van der Waals surface area contributed by atoms with E-state index < -0.39 is 6.04 Å². The zero-order valence-corrected chi connectivity index (χ0v) is 18.7. The number of benzene rings is 2. The van der Waals surface area contributed by atoms with Gasteiger partial charge in [0, 0.05) is 28.7 Å². The molecule has 2 N–H and O–H groups in total. The summed E-state index contributed by atoms with van der Waals surface area (Å²) in [5.74, 6) is 0.257. The largest absolute Gasteiger partial charge is 0.336 e. The molecule has 0 radical (unpaired) electrons. The van der Waals surface area contributed by atoms with Gasteiger partial charge in [-0.15, -0.1) is 23.1 Å². The minimum atomic E-state index is -0.801. The van der Waals surface area contributed by atoms with Gasteiger partial charge in [-0.2, -0.15) is 0 Å². The summed E-state index contributed by atoms with van der Waals surface area (Å²) in [5.41, 5.74) is 2.55. The highest BCUT2D eigenvalue weighted by Gasteiger charge is 2.23. The van der Waals surface area contributed by atoms with Crippen LogP contribution in [-0.4, -0.2) is 16.8 Å². The molecule has 0 fully saturated rings. The molecule has 1 unspecified atom stereocenters. The van der Waals surface area contributed by atoms with Crippen molar-refractivity contribution in [3.63, 3.8) is 0 Å². The van der Waals surface area contributed by atoms with E-state index in [2.05, 4.69) is 15.6 Å². The van der Waals surface area contributed by atoms with E-state index in [1.54, 1.807) is 24.0 Å². The van der Waals surface area contributed by atoms with Crippen molar-refractivity contribution >= 4 is 40.6 Å². The zero-order chi connectivity index (χ0) is 22.2. The number of aromatic nitrogens is 1. The molecular weight excluding hydrogens is 438 g/mol. The normalized spacial score (nSPS) is 11.5. The fourth-order valence-corrected chi connectivity index (χ4v) is 4.51. The van der Waals surface area contributed by atoms with Crippen molar-refractivity contribution in [1.29, 1.82) is 0 Å². The maximum atomic E-state index is 13.1. The van der Waals surface area contributed by atoms with E-state index in [1.807, 2.05) is 84.4 Å². The maximum Gasteiger partial charge on any atom is 0.262 e. The first-order valence-electron chi connectivity index (χ1n) is 10.0. The Balaban J connectivity index is 1.42. The van der Waals surface area contributed by atoms with Crippen LogP contribution in [0.15, 0.2) is 102 Å². The average Bonchev–Trinajstić information content (AvgIpc) is 3.38. The van der Waals surface area contributed by atoms with Gasteiger partial charge < -0.3 is 10.6 Å². The van der Waals surface area contributed by atoms with E-state index in [0.717, 1.165) is 21.8 Å². The van der Waals surface area contributed by atoms with Gasteiger partial charge in [0.15, 0.2) is 0 Å². The quantitative estimate of drug-likeness (QED) is 0.339. The third-order valence-electron chi connectivity index (χ3n) is 4.67. The molecule has 0 bridgehead atoms. The molecule has 32 heavy (non-hydrogen) atoms. The Labute approximate surface area is 194 Å². The second-order valence-electron chi connectivity index (χ2n) is 6.96. The van der Waals surface area contributed by atoms with Gasteiger partial charge in [0.2, 0.25) is 0 Å². The van der Waals surface area contributed by atoms with Crippen LogP contribution in [0.2, 0.25) is 0 Å². The van der Waals surface area contributed by atoms with Gasteiger partial charge in [-0.1, -0.05) is 42.5 Å². The highest BCUT2D eigenvalue weighted by atomic mass is 32.2. The number of amides is 2. The molecule has 160 valence electrons. The van der Waals surface area contributed by atoms with Gasteiger partial charge in [0.05, 0.1) is 4.88 Å². The lowest BCUT2D eigenvalue weighted by Gasteiger charge is -2.19. The Morgan fingerprint density at radius 2 is 1.75 bits per heavy atom. The third-order valence-corrected chi connectivity index (χ3v) is 6.62. The second kappa shape index (κ2) is 10.7. The van der Waals surface area contributed by atoms with Gasteiger partial charge in [-0.25, -0.2) is 0 Å². The van der Waals surface area contributed by atoms with E-state index in [1.165, 1.54) is 11.3 Å². The van der Waals surface area contributed by atoms with E-state index in [4.69, 9.17) is 0 Å². The summed E-state index contributed by atoms with van der Waals surface area (Å²) < 4.78 is 0. The topological polar surface area (TPSA) is 71.1 Å². The van der Waals surface area contributed by atoms with Crippen molar-refractivity contribution in [3.8, 4) is 0 Å². The molecule has 0 spiro atoms. The number of rotatable bonds is 8. The summed E-state index contributed by atoms with van der Waals surface area (Å²) in [6.45, 7) is 0.